The minimum Gasteiger partial charge on any atom is -0.493 e. The molecule has 1 atom stereocenters. The second-order valence-corrected chi connectivity index (χ2v) is 5.16. The second kappa shape index (κ2) is 5.82. The van der Waals surface area contributed by atoms with Crippen LogP contribution in [-0.4, -0.2) is 13.2 Å². The Morgan fingerprint density at radius 2 is 1.86 bits per heavy atom. The molecule has 21 heavy (non-hydrogen) atoms. The van der Waals surface area contributed by atoms with Crippen molar-refractivity contribution in [3.63, 3.8) is 0 Å². The molecule has 2 aromatic carbocycles. The van der Waals surface area contributed by atoms with E-state index in [9.17, 15) is 8.78 Å². The third kappa shape index (κ3) is 2.90. The smallest absolute Gasteiger partial charge is 0.126 e. The summed E-state index contributed by atoms with van der Waals surface area (Å²) in [4.78, 5) is 0. The first-order valence-corrected chi connectivity index (χ1v) is 7.12. The first-order chi connectivity index (χ1) is 10.2. The first-order valence-electron chi connectivity index (χ1n) is 7.12. The van der Waals surface area contributed by atoms with Crippen LogP contribution in [0.3, 0.4) is 0 Å². The minimum atomic E-state index is -0.558. The quantitative estimate of drug-likeness (QED) is 0.928. The molecule has 3 rings (SSSR count). The summed E-state index contributed by atoms with van der Waals surface area (Å²) in [5.41, 5.74) is 2.73. The largest absolute Gasteiger partial charge is 0.493 e. The highest BCUT2D eigenvalue weighted by Gasteiger charge is 2.19. The van der Waals surface area contributed by atoms with E-state index in [1.807, 2.05) is 19.1 Å². The number of hydrogen-bond acceptors (Lipinski definition) is 2. The fourth-order valence-corrected chi connectivity index (χ4v) is 2.76. The summed E-state index contributed by atoms with van der Waals surface area (Å²) < 4.78 is 32.4. The molecule has 1 heterocycles. The van der Waals surface area contributed by atoms with Crippen LogP contribution < -0.4 is 10.1 Å². The van der Waals surface area contributed by atoms with Gasteiger partial charge in [0.15, 0.2) is 0 Å². The van der Waals surface area contributed by atoms with Gasteiger partial charge in [0.05, 0.1) is 12.6 Å². The molecule has 0 aliphatic carbocycles. The normalized spacial score (nSPS) is 14.6. The standard InChI is InChI=1S/C17H17F2NO/c1-2-20-17(13-8-14(18)10-15(19)9-13)12-3-4-16-11(7-12)5-6-21-16/h3-4,7-10,17,20H,2,5-6H2,1H3. The molecule has 0 aromatic heterocycles. The van der Waals surface area contributed by atoms with E-state index in [-0.39, 0.29) is 6.04 Å². The van der Waals surface area contributed by atoms with Crippen LogP contribution in [0.2, 0.25) is 0 Å². The Morgan fingerprint density at radius 3 is 2.57 bits per heavy atom. The maximum atomic E-state index is 13.5. The average Bonchev–Trinajstić information content (AvgIpc) is 2.91. The van der Waals surface area contributed by atoms with Crippen LogP contribution in [0.1, 0.15) is 29.7 Å². The minimum absolute atomic E-state index is 0.230. The monoisotopic (exact) mass is 289 g/mol. The van der Waals surface area contributed by atoms with Gasteiger partial charge in [-0.15, -0.1) is 0 Å². The molecule has 110 valence electrons. The summed E-state index contributed by atoms with van der Waals surface area (Å²) in [6, 6.07) is 9.34. The van der Waals surface area contributed by atoms with Crippen LogP contribution in [0.25, 0.3) is 0 Å². The summed E-state index contributed by atoms with van der Waals surface area (Å²) in [5.74, 6) is -0.214. The predicted octanol–water partition coefficient (Wildman–Crippen LogP) is 3.60. The molecule has 2 nitrogen and oxygen atoms in total. The lowest BCUT2D eigenvalue weighted by Crippen LogP contribution is -2.22. The van der Waals surface area contributed by atoms with E-state index in [0.717, 1.165) is 29.4 Å². The summed E-state index contributed by atoms with van der Waals surface area (Å²) in [6.07, 6.45) is 0.875. The van der Waals surface area contributed by atoms with Crippen LogP contribution in [0.5, 0.6) is 5.75 Å². The zero-order chi connectivity index (χ0) is 14.8. The lowest BCUT2D eigenvalue weighted by Gasteiger charge is -2.20. The topological polar surface area (TPSA) is 21.3 Å². The number of ether oxygens (including phenoxy) is 1. The van der Waals surface area contributed by atoms with Crippen molar-refractivity contribution in [2.75, 3.05) is 13.2 Å². The Kier molecular flexibility index (Phi) is 3.88. The fraction of sp³-hybridized carbons (Fsp3) is 0.294. The van der Waals surface area contributed by atoms with Gasteiger partial charge >= 0.3 is 0 Å². The van der Waals surface area contributed by atoms with Gasteiger partial charge in [-0.3, -0.25) is 0 Å². The van der Waals surface area contributed by atoms with E-state index >= 15 is 0 Å². The van der Waals surface area contributed by atoms with Crippen LogP contribution in [-0.2, 0) is 6.42 Å². The summed E-state index contributed by atoms with van der Waals surface area (Å²) in [7, 11) is 0. The zero-order valence-corrected chi connectivity index (χ0v) is 11.8. The van der Waals surface area contributed by atoms with Crippen LogP contribution >= 0.6 is 0 Å². The SMILES string of the molecule is CCNC(c1cc(F)cc(F)c1)c1ccc2c(c1)CCO2. The van der Waals surface area contributed by atoms with Gasteiger partial charge in [-0.05, 0) is 41.4 Å². The van der Waals surface area contributed by atoms with E-state index in [1.54, 1.807) is 0 Å². The van der Waals surface area contributed by atoms with Crippen LogP contribution in [0, 0.1) is 11.6 Å². The molecule has 1 unspecified atom stereocenters. The summed E-state index contributed by atoms with van der Waals surface area (Å²) in [6.45, 7) is 3.37. The van der Waals surface area contributed by atoms with Crippen molar-refractivity contribution in [3.05, 3.63) is 64.7 Å². The van der Waals surface area contributed by atoms with Crippen molar-refractivity contribution in [3.8, 4) is 5.75 Å². The van der Waals surface area contributed by atoms with E-state index in [1.165, 1.54) is 12.1 Å². The molecule has 0 fully saturated rings. The number of nitrogens with one attached hydrogen (secondary N) is 1. The van der Waals surface area contributed by atoms with Gasteiger partial charge in [-0.25, -0.2) is 8.78 Å². The van der Waals surface area contributed by atoms with E-state index in [2.05, 4.69) is 11.4 Å². The maximum absolute atomic E-state index is 13.5. The van der Waals surface area contributed by atoms with Crippen LogP contribution in [0.4, 0.5) is 8.78 Å². The van der Waals surface area contributed by atoms with E-state index in [4.69, 9.17) is 4.74 Å². The molecule has 0 amide bonds. The molecule has 1 N–H and O–H groups in total. The highest BCUT2D eigenvalue weighted by atomic mass is 19.1. The molecule has 1 aliphatic heterocycles. The molecular formula is C17H17F2NO. The number of fused-ring (bicyclic) bond motifs is 1. The molecule has 0 bridgehead atoms. The Morgan fingerprint density at radius 1 is 1.10 bits per heavy atom. The van der Waals surface area contributed by atoms with Crippen molar-refractivity contribution >= 4 is 0 Å². The van der Waals surface area contributed by atoms with Gasteiger partial charge in [-0.1, -0.05) is 19.1 Å². The highest BCUT2D eigenvalue weighted by molar-refractivity contribution is 5.43. The van der Waals surface area contributed by atoms with Crippen molar-refractivity contribution < 1.29 is 13.5 Å². The lowest BCUT2D eigenvalue weighted by atomic mass is 9.96. The van der Waals surface area contributed by atoms with Gasteiger partial charge in [0.25, 0.3) is 0 Å². The van der Waals surface area contributed by atoms with Crippen molar-refractivity contribution in [1.82, 2.24) is 5.32 Å². The molecule has 0 radical (unpaired) electrons. The molecule has 0 saturated heterocycles. The third-order valence-corrected chi connectivity index (χ3v) is 3.67. The molecule has 0 spiro atoms. The Bertz CT molecular complexity index is 637. The van der Waals surface area contributed by atoms with Crippen molar-refractivity contribution in [2.24, 2.45) is 0 Å². The summed E-state index contributed by atoms with van der Waals surface area (Å²) >= 11 is 0. The first kappa shape index (κ1) is 14.0. The van der Waals surface area contributed by atoms with Gasteiger partial charge in [0, 0.05) is 12.5 Å². The van der Waals surface area contributed by atoms with Gasteiger partial charge < -0.3 is 10.1 Å². The Balaban J connectivity index is 2.01. The fourth-order valence-electron chi connectivity index (χ4n) is 2.76. The number of hydrogen-bond donors (Lipinski definition) is 1. The molecule has 2 aromatic rings. The molecule has 0 saturated carbocycles. The van der Waals surface area contributed by atoms with Crippen molar-refractivity contribution in [2.45, 2.75) is 19.4 Å². The Labute approximate surface area is 122 Å². The number of halogens is 2. The average molecular weight is 289 g/mol. The Hall–Kier alpha value is -1.94. The molecule has 1 aliphatic rings. The van der Waals surface area contributed by atoms with Gasteiger partial charge in [0.2, 0.25) is 0 Å². The van der Waals surface area contributed by atoms with Gasteiger partial charge in [0.1, 0.15) is 17.4 Å². The predicted molar refractivity (Wildman–Crippen MR) is 77.5 cm³/mol. The number of benzene rings is 2. The second-order valence-electron chi connectivity index (χ2n) is 5.16. The number of rotatable bonds is 4. The van der Waals surface area contributed by atoms with E-state index < -0.39 is 11.6 Å². The van der Waals surface area contributed by atoms with Gasteiger partial charge in [-0.2, -0.15) is 0 Å². The molecule has 4 heteroatoms. The lowest BCUT2D eigenvalue weighted by molar-refractivity contribution is 0.357. The molecular weight excluding hydrogens is 272 g/mol. The zero-order valence-electron chi connectivity index (χ0n) is 11.8. The summed E-state index contributed by atoms with van der Waals surface area (Å²) in [5, 5.41) is 3.29. The highest BCUT2D eigenvalue weighted by Crippen LogP contribution is 2.31. The third-order valence-electron chi connectivity index (χ3n) is 3.67. The maximum Gasteiger partial charge on any atom is 0.126 e. The van der Waals surface area contributed by atoms with Crippen LogP contribution in [0.15, 0.2) is 36.4 Å². The van der Waals surface area contributed by atoms with Crippen molar-refractivity contribution in [1.29, 1.82) is 0 Å². The van der Waals surface area contributed by atoms with E-state index in [0.29, 0.717) is 18.7 Å².